The highest BCUT2D eigenvalue weighted by molar-refractivity contribution is 9.10. The largest absolute Gasteiger partial charge is 0.457 e. The molecule has 0 aliphatic heterocycles. The van der Waals surface area contributed by atoms with Crippen molar-refractivity contribution in [1.82, 2.24) is 9.97 Å². The van der Waals surface area contributed by atoms with Crippen molar-refractivity contribution < 1.29 is 4.42 Å². The van der Waals surface area contributed by atoms with Crippen molar-refractivity contribution in [2.75, 3.05) is 0 Å². The molecule has 0 saturated heterocycles. The molecule has 4 nitrogen and oxygen atoms in total. The third-order valence-electron chi connectivity index (χ3n) is 1.88. The average Bonchev–Trinajstić information content (AvgIpc) is 2.65. The van der Waals surface area contributed by atoms with E-state index < -0.39 is 0 Å². The predicted octanol–water partition coefficient (Wildman–Crippen LogP) is 1.88. The zero-order chi connectivity index (χ0) is 9.97. The van der Waals surface area contributed by atoms with E-state index in [1.165, 1.54) is 0 Å². The predicted molar refractivity (Wildman–Crippen MR) is 54.5 cm³/mol. The van der Waals surface area contributed by atoms with Gasteiger partial charge in [0.05, 0.1) is 24.2 Å². The summed E-state index contributed by atoms with van der Waals surface area (Å²) in [5.74, 6) is 0. The molecule has 0 fully saturated rings. The van der Waals surface area contributed by atoms with Crippen LogP contribution < -0.4 is 5.73 Å². The Morgan fingerprint density at radius 3 is 2.86 bits per heavy atom. The zero-order valence-corrected chi connectivity index (χ0v) is 8.81. The second-order valence-electron chi connectivity index (χ2n) is 2.76. The minimum atomic E-state index is -0.308. The van der Waals surface area contributed by atoms with Crippen molar-refractivity contribution >= 4 is 15.9 Å². The minimum Gasteiger partial charge on any atom is -0.457 e. The summed E-state index contributed by atoms with van der Waals surface area (Å²) in [6.07, 6.45) is 6.45. The Hall–Kier alpha value is -1.20. The molecule has 14 heavy (non-hydrogen) atoms. The van der Waals surface area contributed by atoms with Crippen LogP contribution in [0.3, 0.4) is 0 Å². The van der Waals surface area contributed by atoms with Gasteiger partial charge in [0.2, 0.25) is 0 Å². The summed E-state index contributed by atoms with van der Waals surface area (Å²) < 4.78 is 5.73. The normalized spacial score (nSPS) is 12.7. The van der Waals surface area contributed by atoms with E-state index in [2.05, 4.69) is 25.9 Å². The van der Waals surface area contributed by atoms with Crippen LogP contribution in [0.25, 0.3) is 0 Å². The SMILES string of the molecule is NC(c1cnccn1)c1ccoc1Br. The molecule has 2 aromatic rings. The van der Waals surface area contributed by atoms with E-state index in [4.69, 9.17) is 10.2 Å². The maximum Gasteiger partial charge on any atom is 0.174 e. The zero-order valence-electron chi connectivity index (χ0n) is 7.22. The maximum absolute atomic E-state index is 5.97. The number of nitrogens with two attached hydrogens (primary N) is 1. The first-order valence-electron chi connectivity index (χ1n) is 4.03. The number of aromatic nitrogens is 2. The van der Waals surface area contributed by atoms with Gasteiger partial charge in [-0.25, -0.2) is 0 Å². The Bertz CT molecular complexity index is 415. The molecule has 0 bridgehead atoms. The van der Waals surface area contributed by atoms with Crippen LogP contribution in [-0.2, 0) is 0 Å². The highest BCUT2D eigenvalue weighted by atomic mass is 79.9. The fourth-order valence-electron chi connectivity index (χ4n) is 1.16. The van der Waals surface area contributed by atoms with E-state index in [1.807, 2.05) is 6.07 Å². The number of nitrogens with zero attached hydrogens (tertiary/aromatic N) is 2. The maximum atomic E-state index is 5.97. The van der Waals surface area contributed by atoms with Gasteiger partial charge in [-0.1, -0.05) is 0 Å². The molecule has 0 radical (unpaired) electrons. The molecule has 5 heteroatoms. The standard InChI is InChI=1S/C9H8BrN3O/c10-9-6(1-4-14-9)8(11)7-5-12-2-3-13-7/h1-5,8H,11H2. The summed E-state index contributed by atoms with van der Waals surface area (Å²) in [5, 5.41) is 0. The molecule has 1 atom stereocenters. The molecular formula is C9H8BrN3O. The van der Waals surface area contributed by atoms with Gasteiger partial charge in [-0.15, -0.1) is 0 Å². The van der Waals surface area contributed by atoms with Gasteiger partial charge in [0.25, 0.3) is 0 Å². The van der Waals surface area contributed by atoms with E-state index in [-0.39, 0.29) is 6.04 Å². The molecule has 0 aliphatic carbocycles. The molecule has 2 aromatic heterocycles. The molecule has 0 saturated carbocycles. The molecule has 0 amide bonds. The van der Waals surface area contributed by atoms with Crippen molar-refractivity contribution in [2.24, 2.45) is 5.73 Å². The summed E-state index contributed by atoms with van der Waals surface area (Å²) in [4.78, 5) is 8.08. The van der Waals surface area contributed by atoms with Crippen molar-refractivity contribution in [3.63, 3.8) is 0 Å². The first-order chi connectivity index (χ1) is 6.79. The molecule has 2 rings (SSSR count). The number of halogens is 1. The molecule has 0 spiro atoms. The topological polar surface area (TPSA) is 64.9 Å². The number of furan rings is 1. The molecule has 0 aliphatic rings. The van der Waals surface area contributed by atoms with Gasteiger partial charge in [0.15, 0.2) is 4.67 Å². The number of hydrogen-bond acceptors (Lipinski definition) is 4. The number of hydrogen-bond donors (Lipinski definition) is 1. The van der Waals surface area contributed by atoms with Gasteiger partial charge in [0, 0.05) is 18.0 Å². The van der Waals surface area contributed by atoms with Gasteiger partial charge < -0.3 is 10.2 Å². The summed E-state index contributed by atoms with van der Waals surface area (Å²) in [6, 6.07) is 1.50. The quantitative estimate of drug-likeness (QED) is 0.888. The van der Waals surface area contributed by atoms with E-state index in [9.17, 15) is 0 Å². The van der Waals surface area contributed by atoms with Crippen molar-refractivity contribution in [2.45, 2.75) is 6.04 Å². The van der Waals surface area contributed by atoms with Gasteiger partial charge in [-0.2, -0.15) is 0 Å². The summed E-state index contributed by atoms with van der Waals surface area (Å²) in [6.45, 7) is 0. The summed E-state index contributed by atoms with van der Waals surface area (Å²) in [7, 11) is 0. The molecule has 2 heterocycles. The Balaban J connectivity index is 2.34. The van der Waals surface area contributed by atoms with Crippen LogP contribution >= 0.6 is 15.9 Å². The van der Waals surface area contributed by atoms with E-state index in [1.54, 1.807) is 24.9 Å². The van der Waals surface area contributed by atoms with Crippen LogP contribution in [-0.4, -0.2) is 9.97 Å². The van der Waals surface area contributed by atoms with Gasteiger partial charge in [-0.05, 0) is 22.0 Å². The highest BCUT2D eigenvalue weighted by Gasteiger charge is 2.15. The molecule has 0 aromatic carbocycles. The van der Waals surface area contributed by atoms with Crippen molar-refractivity contribution in [1.29, 1.82) is 0 Å². The van der Waals surface area contributed by atoms with E-state index in [0.29, 0.717) is 4.67 Å². The van der Waals surface area contributed by atoms with Crippen LogP contribution in [0.5, 0.6) is 0 Å². The van der Waals surface area contributed by atoms with Crippen LogP contribution in [0, 0.1) is 0 Å². The average molecular weight is 254 g/mol. The molecule has 2 N–H and O–H groups in total. The Labute approximate surface area is 89.3 Å². The molecule has 72 valence electrons. The number of rotatable bonds is 2. The lowest BCUT2D eigenvalue weighted by Crippen LogP contribution is -2.13. The Morgan fingerprint density at radius 1 is 1.43 bits per heavy atom. The van der Waals surface area contributed by atoms with Crippen molar-refractivity contribution in [3.8, 4) is 0 Å². The molecular weight excluding hydrogens is 246 g/mol. The second-order valence-corrected chi connectivity index (χ2v) is 3.48. The first-order valence-corrected chi connectivity index (χ1v) is 4.82. The minimum absolute atomic E-state index is 0.308. The van der Waals surface area contributed by atoms with Gasteiger partial charge >= 0.3 is 0 Å². The van der Waals surface area contributed by atoms with E-state index >= 15 is 0 Å². The third-order valence-corrected chi connectivity index (χ3v) is 2.53. The Kier molecular flexibility index (Phi) is 2.60. The fraction of sp³-hybridized carbons (Fsp3) is 0.111. The van der Waals surface area contributed by atoms with Crippen LogP contribution in [0.15, 0.2) is 40.0 Å². The Morgan fingerprint density at radius 2 is 2.29 bits per heavy atom. The van der Waals surface area contributed by atoms with E-state index in [0.717, 1.165) is 11.3 Å². The first kappa shape index (κ1) is 9.36. The monoisotopic (exact) mass is 253 g/mol. The summed E-state index contributed by atoms with van der Waals surface area (Å²) in [5.41, 5.74) is 7.55. The van der Waals surface area contributed by atoms with Crippen molar-refractivity contribution in [3.05, 3.63) is 46.8 Å². The fourth-order valence-corrected chi connectivity index (χ4v) is 1.64. The lowest BCUT2D eigenvalue weighted by molar-refractivity contribution is 0.534. The van der Waals surface area contributed by atoms with Gasteiger partial charge in [-0.3, -0.25) is 9.97 Å². The lowest BCUT2D eigenvalue weighted by Gasteiger charge is -2.07. The lowest BCUT2D eigenvalue weighted by atomic mass is 10.1. The smallest absolute Gasteiger partial charge is 0.174 e. The highest BCUT2D eigenvalue weighted by Crippen LogP contribution is 2.26. The van der Waals surface area contributed by atoms with Crippen LogP contribution in [0.1, 0.15) is 17.3 Å². The second kappa shape index (κ2) is 3.89. The van der Waals surface area contributed by atoms with Gasteiger partial charge in [0.1, 0.15) is 0 Å². The third kappa shape index (κ3) is 1.69. The molecule has 1 unspecified atom stereocenters. The van der Waals surface area contributed by atoms with Crippen LogP contribution in [0.2, 0.25) is 0 Å². The summed E-state index contributed by atoms with van der Waals surface area (Å²) >= 11 is 3.27. The van der Waals surface area contributed by atoms with Crippen LogP contribution in [0.4, 0.5) is 0 Å².